The van der Waals surface area contributed by atoms with Gasteiger partial charge >= 0.3 is 17.9 Å². The van der Waals surface area contributed by atoms with Gasteiger partial charge in [0.2, 0.25) is 0 Å². The molecule has 1 atom stereocenters. The molecule has 0 aromatic heterocycles. The summed E-state index contributed by atoms with van der Waals surface area (Å²) in [5.74, 6) is -0.968. The Morgan fingerprint density at radius 1 is 0.300 bits per heavy atom. The van der Waals surface area contributed by atoms with Crippen LogP contribution in [0.5, 0.6) is 0 Å². The molecule has 0 saturated carbocycles. The molecule has 70 heavy (non-hydrogen) atoms. The molecule has 0 spiro atoms. The number of allylic oxidation sites excluding steroid dienone is 22. The predicted molar refractivity (Wildman–Crippen MR) is 302 cm³/mol. The van der Waals surface area contributed by atoms with Gasteiger partial charge in [0.15, 0.2) is 6.10 Å². The molecule has 0 N–H and O–H groups in total. The maximum absolute atomic E-state index is 12.8. The second-order valence-corrected chi connectivity index (χ2v) is 18.1. The van der Waals surface area contributed by atoms with E-state index in [2.05, 4.69) is 154 Å². The Bertz CT molecular complexity index is 1530. The van der Waals surface area contributed by atoms with E-state index in [1.807, 2.05) is 0 Å². The summed E-state index contributed by atoms with van der Waals surface area (Å²) < 4.78 is 16.7. The van der Waals surface area contributed by atoms with Gasteiger partial charge in [-0.25, -0.2) is 0 Å². The molecule has 0 aliphatic carbocycles. The van der Waals surface area contributed by atoms with Crippen molar-refractivity contribution in [3.63, 3.8) is 0 Å². The van der Waals surface area contributed by atoms with Gasteiger partial charge in [0.25, 0.3) is 0 Å². The van der Waals surface area contributed by atoms with Crippen LogP contribution in [0.3, 0.4) is 0 Å². The van der Waals surface area contributed by atoms with Crippen LogP contribution in [0.4, 0.5) is 0 Å². The molecule has 0 radical (unpaired) electrons. The summed E-state index contributed by atoms with van der Waals surface area (Å²) >= 11 is 0. The van der Waals surface area contributed by atoms with Crippen LogP contribution in [0.15, 0.2) is 134 Å². The monoisotopic (exact) mass is 967 g/mol. The van der Waals surface area contributed by atoms with E-state index in [1.165, 1.54) is 57.8 Å². The molecule has 0 heterocycles. The number of hydrogen-bond acceptors (Lipinski definition) is 6. The van der Waals surface area contributed by atoms with E-state index >= 15 is 0 Å². The quantitative estimate of drug-likeness (QED) is 0.0262. The lowest BCUT2D eigenvalue weighted by Crippen LogP contribution is -2.30. The highest BCUT2D eigenvalue weighted by Gasteiger charge is 2.19. The molecular formula is C64H102O6. The number of carbonyl (C=O) groups excluding carboxylic acids is 3. The minimum Gasteiger partial charge on any atom is -0.462 e. The third kappa shape index (κ3) is 54.5. The van der Waals surface area contributed by atoms with Gasteiger partial charge in [0.1, 0.15) is 13.2 Å². The molecule has 0 aromatic carbocycles. The molecule has 0 aliphatic rings. The van der Waals surface area contributed by atoms with Crippen LogP contribution in [-0.4, -0.2) is 37.2 Å². The van der Waals surface area contributed by atoms with Crippen LogP contribution in [0, 0.1) is 0 Å². The Balaban J connectivity index is 4.27. The molecular weight excluding hydrogens is 865 g/mol. The summed E-state index contributed by atoms with van der Waals surface area (Å²) in [5, 5.41) is 0. The van der Waals surface area contributed by atoms with Crippen LogP contribution in [0.1, 0.15) is 233 Å². The van der Waals surface area contributed by atoms with Crippen molar-refractivity contribution in [1.82, 2.24) is 0 Å². The highest BCUT2D eigenvalue weighted by atomic mass is 16.6. The molecule has 6 heteroatoms. The van der Waals surface area contributed by atoms with Crippen molar-refractivity contribution < 1.29 is 28.6 Å². The maximum Gasteiger partial charge on any atom is 0.306 e. The van der Waals surface area contributed by atoms with E-state index in [1.54, 1.807) is 0 Å². The van der Waals surface area contributed by atoms with E-state index in [4.69, 9.17) is 14.2 Å². The van der Waals surface area contributed by atoms with E-state index in [0.717, 1.165) is 128 Å². The summed E-state index contributed by atoms with van der Waals surface area (Å²) in [5.41, 5.74) is 0. The second kappa shape index (κ2) is 57.1. The van der Waals surface area contributed by atoms with Crippen LogP contribution in [-0.2, 0) is 28.6 Å². The van der Waals surface area contributed by atoms with Crippen LogP contribution >= 0.6 is 0 Å². The number of carbonyl (C=O) groups is 3. The Morgan fingerprint density at radius 2 is 0.557 bits per heavy atom. The van der Waals surface area contributed by atoms with E-state index in [9.17, 15) is 14.4 Å². The summed E-state index contributed by atoms with van der Waals surface area (Å²) in [6, 6.07) is 0. The SMILES string of the molecule is CC/C=C\C/C=C\C/C=C\C/C=C\C/C=C\C/C=C\CCCCC(=O)OC(COC(=O)CCCCCCCC)COC(=O)CCCCCCCCCCC/C=C\C/C=C\C/C=C\C/C=C\C/C=C\CC. The molecule has 0 amide bonds. The zero-order valence-electron chi connectivity index (χ0n) is 45.0. The van der Waals surface area contributed by atoms with Gasteiger partial charge in [-0.15, -0.1) is 0 Å². The van der Waals surface area contributed by atoms with E-state index in [0.29, 0.717) is 19.3 Å². The highest BCUT2D eigenvalue weighted by molar-refractivity contribution is 5.71. The van der Waals surface area contributed by atoms with Crippen LogP contribution < -0.4 is 0 Å². The van der Waals surface area contributed by atoms with Crippen molar-refractivity contribution in [3.8, 4) is 0 Å². The highest BCUT2D eigenvalue weighted by Crippen LogP contribution is 2.14. The lowest BCUT2D eigenvalue weighted by atomic mass is 10.1. The summed E-state index contributed by atoms with van der Waals surface area (Å²) in [7, 11) is 0. The first-order chi connectivity index (χ1) is 34.5. The first kappa shape index (κ1) is 65.5. The fraction of sp³-hybridized carbons (Fsp3) is 0.609. The maximum atomic E-state index is 12.8. The number of unbranched alkanes of at least 4 members (excludes halogenated alkanes) is 16. The lowest BCUT2D eigenvalue weighted by Gasteiger charge is -2.18. The van der Waals surface area contributed by atoms with Gasteiger partial charge in [0.05, 0.1) is 0 Å². The van der Waals surface area contributed by atoms with Crippen molar-refractivity contribution >= 4 is 17.9 Å². The summed E-state index contributed by atoms with van der Waals surface area (Å²) in [4.78, 5) is 37.9. The Hall–Kier alpha value is -4.45. The largest absolute Gasteiger partial charge is 0.462 e. The number of esters is 3. The van der Waals surface area contributed by atoms with Gasteiger partial charge < -0.3 is 14.2 Å². The summed E-state index contributed by atoms with van der Waals surface area (Å²) in [6.45, 7) is 6.30. The van der Waals surface area contributed by atoms with Gasteiger partial charge in [-0.2, -0.15) is 0 Å². The van der Waals surface area contributed by atoms with E-state index in [-0.39, 0.29) is 37.5 Å². The third-order valence-electron chi connectivity index (χ3n) is 11.4. The first-order valence-electron chi connectivity index (χ1n) is 28.2. The third-order valence-corrected chi connectivity index (χ3v) is 11.4. The zero-order chi connectivity index (χ0) is 50.7. The lowest BCUT2D eigenvalue weighted by molar-refractivity contribution is -0.167. The fourth-order valence-electron chi connectivity index (χ4n) is 7.24. The topological polar surface area (TPSA) is 78.9 Å². The molecule has 1 unspecified atom stereocenters. The van der Waals surface area contributed by atoms with Crippen molar-refractivity contribution in [2.45, 2.75) is 239 Å². The molecule has 0 rings (SSSR count). The normalized spacial score (nSPS) is 13.1. The number of ether oxygens (including phenoxy) is 3. The van der Waals surface area contributed by atoms with Gasteiger partial charge in [-0.1, -0.05) is 231 Å². The average Bonchev–Trinajstić information content (AvgIpc) is 3.36. The van der Waals surface area contributed by atoms with Gasteiger partial charge in [-0.05, 0) is 116 Å². The minimum atomic E-state index is -0.805. The fourth-order valence-corrected chi connectivity index (χ4v) is 7.24. The van der Waals surface area contributed by atoms with Crippen molar-refractivity contribution in [2.24, 2.45) is 0 Å². The second-order valence-electron chi connectivity index (χ2n) is 18.1. The molecule has 0 aliphatic heterocycles. The first-order valence-corrected chi connectivity index (χ1v) is 28.2. The zero-order valence-corrected chi connectivity index (χ0v) is 45.0. The predicted octanol–water partition coefficient (Wildman–Crippen LogP) is 19.0. The standard InChI is InChI=1S/C64H102O6/c1-4-7-10-13-16-18-20-22-24-26-28-30-31-32-33-35-36-38-40-42-44-46-48-51-54-57-63(66)69-60-61(59-68-62(65)56-53-50-15-12-9-6-3)70-64(67)58-55-52-49-47-45-43-41-39-37-34-29-27-25-23-21-19-17-14-11-8-5-2/h7-8,10-11,16-19,22-25,28-30,32-34,39,41,45,47,61H,4-6,9,12-15,20-21,26-27,31,35-38,40,42-44,46,48-60H2,1-3H3/b10-7-,11-8-,18-16-,19-17-,24-22-,25-23-,30-28-,33-32-,34-29-,41-39-,47-45-. The molecule has 0 fully saturated rings. The number of rotatable bonds is 49. The van der Waals surface area contributed by atoms with Crippen LogP contribution in [0.25, 0.3) is 0 Å². The molecule has 394 valence electrons. The minimum absolute atomic E-state index is 0.102. The van der Waals surface area contributed by atoms with Crippen molar-refractivity contribution in [1.29, 1.82) is 0 Å². The van der Waals surface area contributed by atoms with Gasteiger partial charge in [0, 0.05) is 19.3 Å². The summed E-state index contributed by atoms with van der Waals surface area (Å²) in [6.07, 6.45) is 80.4. The Kier molecular flexibility index (Phi) is 53.5. The van der Waals surface area contributed by atoms with Crippen molar-refractivity contribution in [3.05, 3.63) is 134 Å². The van der Waals surface area contributed by atoms with Gasteiger partial charge in [-0.3, -0.25) is 14.4 Å². The molecule has 0 aromatic rings. The van der Waals surface area contributed by atoms with Crippen molar-refractivity contribution in [2.75, 3.05) is 13.2 Å². The Labute approximate surface area is 430 Å². The molecule has 0 bridgehead atoms. The van der Waals surface area contributed by atoms with Crippen LogP contribution in [0.2, 0.25) is 0 Å². The smallest absolute Gasteiger partial charge is 0.306 e. The van der Waals surface area contributed by atoms with E-state index < -0.39 is 6.10 Å². The average molecular weight is 968 g/mol. The molecule has 0 saturated heterocycles. The Morgan fingerprint density at radius 3 is 0.900 bits per heavy atom. The number of hydrogen-bond donors (Lipinski definition) is 0. The molecule has 6 nitrogen and oxygen atoms in total.